The topological polar surface area (TPSA) is 49.4 Å². The molecule has 2 amide bonds. The molecule has 0 aliphatic heterocycles. The second-order valence-electron chi connectivity index (χ2n) is 5.29. The fraction of sp³-hybridized carbons (Fsp3) is 0.222. The number of carbonyl (C=O) groups is 2. The fourth-order valence-electron chi connectivity index (χ4n) is 2.29. The van der Waals surface area contributed by atoms with Crippen LogP contribution >= 0.6 is 0 Å². The van der Waals surface area contributed by atoms with E-state index in [2.05, 4.69) is 5.32 Å². The Morgan fingerprint density at radius 2 is 1.83 bits per heavy atom. The van der Waals surface area contributed by atoms with Gasteiger partial charge in [0.25, 0.3) is 5.91 Å². The molecule has 2 rings (SSSR count). The Kier molecular flexibility index (Phi) is 5.63. The maximum atomic E-state index is 13.2. The first kappa shape index (κ1) is 17.6. The van der Waals surface area contributed by atoms with Crippen molar-refractivity contribution in [3.63, 3.8) is 0 Å². The molecule has 0 heterocycles. The average Bonchev–Trinajstić information content (AvgIpc) is 2.56. The van der Waals surface area contributed by atoms with Gasteiger partial charge in [-0.25, -0.2) is 8.78 Å². The number of likely N-dealkylation sites (N-methyl/N-ethyl adjacent to an activating group) is 1. The minimum atomic E-state index is -1.11. The first-order valence-electron chi connectivity index (χ1n) is 7.52. The van der Waals surface area contributed by atoms with E-state index in [4.69, 9.17) is 0 Å². The van der Waals surface area contributed by atoms with E-state index in [1.54, 1.807) is 4.90 Å². The Labute approximate surface area is 139 Å². The van der Waals surface area contributed by atoms with Crippen LogP contribution in [0, 0.1) is 18.6 Å². The van der Waals surface area contributed by atoms with Crippen LogP contribution in [0.2, 0.25) is 0 Å². The molecule has 2 aromatic rings. The van der Waals surface area contributed by atoms with Gasteiger partial charge in [-0.3, -0.25) is 9.59 Å². The highest BCUT2D eigenvalue weighted by Crippen LogP contribution is 2.15. The molecule has 0 bridgehead atoms. The molecule has 0 saturated heterocycles. The average molecular weight is 332 g/mol. The van der Waals surface area contributed by atoms with Crippen molar-refractivity contribution in [1.82, 2.24) is 5.32 Å². The number of aryl methyl sites for hydroxylation is 1. The SMILES string of the molecule is CCN(C(=O)CNC(=O)c1ccc(F)c(F)c1)c1cccc(C)c1. The molecule has 0 saturated carbocycles. The van der Waals surface area contributed by atoms with Crippen LogP contribution in [0.1, 0.15) is 22.8 Å². The largest absolute Gasteiger partial charge is 0.343 e. The van der Waals surface area contributed by atoms with Crippen LogP contribution in [0.4, 0.5) is 14.5 Å². The summed E-state index contributed by atoms with van der Waals surface area (Å²) in [6.45, 7) is 3.97. The molecular formula is C18H18F2N2O2. The third-order valence-electron chi connectivity index (χ3n) is 3.51. The zero-order chi connectivity index (χ0) is 17.7. The molecule has 0 aliphatic carbocycles. The molecule has 126 valence electrons. The third-order valence-corrected chi connectivity index (χ3v) is 3.51. The van der Waals surface area contributed by atoms with Gasteiger partial charge in [0.2, 0.25) is 5.91 Å². The van der Waals surface area contributed by atoms with Crippen LogP contribution in [-0.4, -0.2) is 24.9 Å². The minimum Gasteiger partial charge on any atom is -0.343 e. The lowest BCUT2D eigenvalue weighted by Crippen LogP contribution is -2.40. The van der Waals surface area contributed by atoms with Crippen LogP contribution in [0.5, 0.6) is 0 Å². The number of carbonyl (C=O) groups excluding carboxylic acids is 2. The van der Waals surface area contributed by atoms with Gasteiger partial charge in [-0.2, -0.15) is 0 Å². The molecule has 0 unspecified atom stereocenters. The molecule has 0 radical (unpaired) electrons. The normalized spacial score (nSPS) is 10.3. The highest BCUT2D eigenvalue weighted by atomic mass is 19.2. The number of rotatable bonds is 5. The lowest BCUT2D eigenvalue weighted by molar-refractivity contribution is -0.117. The number of nitrogens with zero attached hydrogens (tertiary/aromatic N) is 1. The van der Waals surface area contributed by atoms with Crippen LogP contribution in [0.3, 0.4) is 0 Å². The fourth-order valence-corrected chi connectivity index (χ4v) is 2.29. The summed E-state index contributed by atoms with van der Waals surface area (Å²) in [6.07, 6.45) is 0. The summed E-state index contributed by atoms with van der Waals surface area (Å²) >= 11 is 0. The summed E-state index contributed by atoms with van der Waals surface area (Å²) in [4.78, 5) is 25.8. The van der Waals surface area contributed by atoms with E-state index < -0.39 is 17.5 Å². The first-order chi connectivity index (χ1) is 11.4. The highest BCUT2D eigenvalue weighted by Gasteiger charge is 2.16. The summed E-state index contributed by atoms with van der Waals surface area (Å²) in [5.41, 5.74) is 1.72. The molecule has 0 aromatic heterocycles. The number of hydrogen-bond acceptors (Lipinski definition) is 2. The Balaban J connectivity index is 2.03. The van der Waals surface area contributed by atoms with Crippen molar-refractivity contribution < 1.29 is 18.4 Å². The Hall–Kier alpha value is -2.76. The molecule has 1 N–H and O–H groups in total. The Morgan fingerprint density at radius 1 is 1.08 bits per heavy atom. The smallest absolute Gasteiger partial charge is 0.251 e. The molecule has 6 heteroatoms. The summed E-state index contributed by atoms with van der Waals surface area (Å²) in [5.74, 6) is -3.07. The van der Waals surface area contributed by atoms with Gasteiger partial charge in [0.15, 0.2) is 11.6 Å². The van der Waals surface area contributed by atoms with Crippen LogP contribution in [0.15, 0.2) is 42.5 Å². The molecule has 0 atom stereocenters. The summed E-state index contributed by atoms with van der Waals surface area (Å²) < 4.78 is 26.0. The number of benzene rings is 2. The number of nitrogens with one attached hydrogen (secondary N) is 1. The second-order valence-corrected chi connectivity index (χ2v) is 5.29. The number of anilines is 1. The third kappa shape index (κ3) is 4.16. The molecular weight excluding hydrogens is 314 g/mol. The van der Waals surface area contributed by atoms with Crippen molar-refractivity contribution in [2.45, 2.75) is 13.8 Å². The molecule has 0 spiro atoms. The van der Waals surface area contributed by atoms with Gasteiger partial charge in [0.1, 0.15) is 0 Å². The van der Waals surface area contributed by atoms with Crippen LogP contribution in [-0.2, 0) is 4.79 Å². The van der Waals surface area contributed by atoms with Crippen molar-refractivity contribution in [2.24, 2.45) is 0 Å². The number of amides is 2. The standard InChI is InChI=1S/C18H18F2N2O2/c1-3-22(14-6-4-5-12(2)9-14)17(23)11-21-18(24)13-7-8-15(19)16(20)10-13/h4-10H,3,11H2,1-2H3,(H,21,24). The monoisotopic (exact) mass is 332 g/mol. The van der Waals surface area contributed by atoms with E-state index in [-0.39, 0.29) is 18.0 Å². The maximum absolute atomic E-state index is 13.2. The van der Waals surface area contributed by atoms with E-state index in [9.17, 15) is 18.4 Å². The predicted molar refractivity (Wildman–Crippen MR) is 87.9 cm³/mol. The Morgan fingerprint density at radius 3 is 2.46 bits per heavy atom. The Bertz CT molecular complexity index is 762. The molecule has 24 heavy (non-hydrogen) atoms. The van der Waals surface area contributed by atoms with Gasteiger partial charge in [0.05, 0.1) is 6.54 Å². The van der Waals surface area contributed by atoms with E-state index >= 15 is 0 Å². The summed E-state index contributed by atoms with van der Waals surface area (Å²) in [7, 11) is 0. The molecule has 0 aliphatic rings. The lowest BCUT2D eigenvalue weighted by Gasteiger charge is -2.21. The van der Waals surface area contributed by atoms with Crippen molar-refractivity contribution in [2.75, 3.05) is 18.0 Å². The zero-order valence-electron chi connectivity index (χ0n) is 13.5. The van der Waals surface area contributed by atoms with Crippen molar-refractivity contribution >= 4 is 17.5 Å². The predicted octanol–water partition coefficient (Wildman–Crippen LogP) is 3.06. The van der Waals surface area contributed by atoms with E-state index in [0.29, 0.717) is 6.54 Å². The summed E-state index contributed by atoms with van der Waals surface area (Å²) in [5, 5.41) is 2.43. The molecule has 2 aromatic carbocycles. The highest BCUT2D eigenvalue weighted by molar-refractivity contribution is 6.00. The van der Waals surface area contributed by atoms with Gasteiger partial charge < -0.3 is 10.2 Å². The van der Waals surface area contributed by atoms with Gasteiger partial charge >= 0.3 is 0 Å². The van der Waals surface area contributed by atoms with Gasteiger partial charge in [0, 0.05) is 17.8 Å². The molecule has 4 nitrogen and oxygen atoms in total. The number of halogens is 2. The van der Waals surface area contributed by atoms with Crippen molar-refractivity contribution in [3.8, 4) is 0 Å². The minimum absolute atomic E-state index is 0.0414. The first-order valence-corrected chi connectivity index (χ1v) is 7.52. The number of hydrogen-bond donors (Lipinski definition) is 1. The van der Waals surface area contributed by atoms with Gasteiger partial charge in [-0.05, 0) is 49.7 Å². The zero-order valence-corrected chi connectivity index (χ0v) is 13.5. The van der Waals surface area contributed by atoms with E-state index in [0.717, 1.165) is 29.4 Å². The maximum Gasteiger partial charge on any atom is 0.251 e. The molecule has 0 fully saturated rings. The second kappa shape index (κ2) is 7.68. The van der Waals surface area contributed by atoms with Crippen molar-refractivity contribution in [3.05, 3.63) is 65.2 Å². The van der Waals surface area contributed by atoms with Crippen LogP contribution < -0.4 is 10.2 Å². The van der Waals surface area contributed by atoms with E-state index in [1.807, 2.05) is 38.1 Å². The quantitative estimate of drug-likeness (QED) is 0.915. The van der Waals surface area contributed by atoms with E-state index in [1.165, 1.54) is 0 Å². The lowest BCUT2D eigenvalue weighted by atomic mass is 10.2. The summed E-state index contributed by atoms with van der Waals surface area (Å²) in [6, 6.07) is 10.3. The van der Waals surface area contributed by atoms with Gasteiger partial charge in [-0.15, -0.1) is 0 Å². The van der Waals surface area contributed by atoms with Crippen molar-refractivity contribution in [1.29, 1.82) is 0 Å². The van der Waals surface area contributed by atoms with Crippen LogP contribution in [0.25, 0.3) is 0 Å². The van der Waals surface area contributed by atoms with Gasteiger partial charge in [-0.1, -0.05) is 12.1 Å².